The molecule has 4 heteroatoms. The van der Waals surface area contributed by atoms with Gasteiger partial charge in [0.15, 0.2) is 0 Å². The van der Waals surface area contributed by atoms with Crippen LogP contribution in [0.15, 0.2) is 35.2 Å². The molecule has 0 saturated heterocycles. The molecule has 0 aromatic heterocycles. The zero-order valence-corrected chi connectivity index (χ0v) is 10.8. The van der Waals surface area contributed by atoms with E-state index in [1.807, 2.05) is 37.4 Å². The summed E-state index contributed by atoms with van der Waals surface area (Å²) in [5.41, 5.74) is 0. The van der Waals surface area contributed by atoms with E-state index in [2.05, 4.69) is 5.32 Å². The molecule has 1 N–H and O–H groups in total. The van der Waals surface area contributed by atoms with Crippen molar-refractivity contribution in [3.63, 3.8) is 0 Å². The van der Waals surface area contributed by atoms with Crippen LogP contribution in [0.2, 0.25) is 0 Å². The van der Waals surface area contributed by atoms with Crippen LogP contribution in [0.5, 0.6) is 0 Å². The van der Waals surface area contributed by atoms with Crippen molar-refractivity contribution in [2.45, 2.75) is 4.90 Å². The van der Waals surface area contributed by atoms with E-state index >= 15 is 0 Å². The number of benzene rings is 1. The molecule has 1 aromatic carbocycles. The maximum absolute atomic E-state index is 4.99. The average Bonchev–Trinajstić information content (AvgIpc) is 2.06. The summed E-state index contributed by atoms with van der Waals surface area (Å²) in [5, 5.41) is 2.91. The Morgan fingerprint density at radius 3 is 2.50 bits per heavy atom. The molecule has 0 heterocycles. The zero-order chi connectivity index (χ0) is 8.10. The third-order valence-corrected chi connectivity index (χ3v) is 2.51. The van der Waals surface area contributed by atoms with Crippen molar-refractivity contribution >= 4 is 28.3 Å². The minimum Gasteiger partial charge on any atom is -1.00 e. The van der Waals surface area contributed by atoms with Gasteiger partial charge < -0.3 is 6.74 Å². The summed E-state index contributed by atoms with van der Waals surface area (Å²) >= 11 is 6.55. The van der Waals surface area contributed by atoms with Gasteiger partial charge in [0.2, 0.25) is 0 Å². The fourth-order valence-corrected chi connectivity index (χ4v) is 1.54. The third kappa shape index (κ3) is 4.48. The summed E-state index contributed by atoms with van der Waals surface area (Å²) < 4.78 is 0.802. The van der Waals surface area contributed by atoms with Crippen LogP contribution in [-0.2, 0) is 0 Å². The predicted octanol–water partition coefficient (Wildman–Crippen LogP) is -0.601. The average molecular weight is 207 g/mol. The van der Waals surface area contributed by atoms with Crippen molar-refractivity contribution in [1.82, 2.24) is 5.32 Å². The second kappa shape index (κ2) is 6.92. The van der Waals surface area contributed by atoms with E-state index in [1.165, 1.54) is 4.90 Å². The van der Waals surface area contributed by atoms with Crippen LogP contribution in [0.1, 0.15) is 1.43 Å². The molecule has 60 valence electrons. The van der Waals surface area contributed by atoms with Gasteiger partial charge in [-0.3, -0.25) is 0 Å². The Morgan fingerprint density at radius 2 is 2.00 bits per heavy atom. The van der Waals surface area contributed by atoms with Crippen LogP contribution in [0, 0.1) is 0 Å². The van der Waals surface area contributed by atoms with Gasteiger partial charge in [-0.25, -0.2) is 0 Å². The summed E-state index contributed by atoms with van der Waals surface area (Å²) in [7, 11) is 1.83. The van der Waals surface area contributed by atoms with Crippen molar-refractivity contribution in [2.24, 2.45) is 0 Å². The minimum atomic E-state index is 0. The molecular weight excluding hydrogens is 197 g/mol. The molecule has 0 atom stereocenters. The first-order chi connectivity index (χ1) is 5.33. The van der Waals surface area contributed by atoms with Crippen LogP contribution in [0.3, 0.4) is 0 Å². The van der Waals surface area contributed by atoms with Gasteiger partial charge in [0.1, 0.15) is 4.32 Å². The fraction of sp³-hybridized carbons (Fsp3) is 0.125. The fourth-order valence-electron chi connectivity index (χ4n) is 0.647. The molecule has 1 rings (SSSR count). The number of thiocarbonyl (C=S) groups is 1. The van der Waals surface area contributed by atoms with Gasteiger partial charge in [0.05, 0.1) is 0 Å². The summed E-state index contributed by atoms with van der Waals surface area (Å²) in [4.78, 5) is 1.17. The molecule has 0 amide bonds. The normalized spacial score (nSPS) is 8.42. The molecule has 0 fully saturated rings. The minimum absolute atomic E-state index is 0. The number of thioether (sulfide) groups is 1. The molecule has 0 aliphatic heterocycles. The van der Waals surface area contributed by atoms with E-state index in [-0.39, 0.29) is 31.0 Å². The second-order valence-corrected chi connectivity index (χ2v) is 3.70. The summed E-state index contributed by atoms with van der Waals surface area (Å²) in [6.45, 7) is 0. The third-order valence-electron chi connectivity index (χ3n) is 1.16. The van der Waals surface area contributed by atoms with E-state index < -0.39 is 0 Å². The molecular formula is C8H10NNaS2. The summed E-state index contributed by atoms with van der Waals surface area (Å²) in [6.07, 6.45) is 0. The molecule has 0 saturated carbocycles. The van der Waals surface area contributed by atoms with Gasteiger partial charge in [0.25, 0.3) is 0 Å². The Bertz CT molecular complexity index is 243. The van der Waals surface area contributed by atoms with Crippen LogP contribution < -0.4 is 34.9 Å². The van der Waals surface area contributed by atoms with Crippen molar-refractivity contribution in [2.75, 3.05) is 7.05 Å². The van der Waals surface area contributed by atoms with E-state index in [0.717, 1.165) is 4.32 Å². The van der Waals surface area contributed by atoms with Gasteiger partial charge in [-0.15, -0.1) is 0 Å². The first-order valence-corrected chi connectivity index (χ1v) is 4.50. The molecule has 0 aliphatic rings. The topological polar surface area (TPSA) is 12.0 Å². The SMILES string of the molecule is CNC(=S)Sc1ccccc1.[H-].[Na+]. The largest absolute Gasteiger partial charge is 1.00 e. The van der Waals surface area contributed by atoms with Crippen LogP contribution in [-0.4, -0.2) is 11.4 Å². The second-order valence-electron chi connectivity index (χ2n) is 1.95. The van der Waals surface area contributed by atoms with E-state index in [0.29, 0.717) is 0 Å². The molecule has 1 nitrogen and oxygen atoms in total. The Hall–Kier alpha value is 0.460. The zero-order valence-electron chi connectivity index (χ0n) is 8.20. The van der Waals surface area contributed by atoms with Crippen LogP contribution in [0.4, 0.5) is 0 Å². The Kier molecular flexibility index (Phi) is 7.19. The number of nitrogens with one attached hydrogen (secondary N) is 1. The maximum atomic E-state index is 4.99. The molecule has 1 aromatic rings. The van der Waals surface area contributed by atoms with Gasteiger partial charge in [-0.1, -0.05) is 42.2 Å². The summed E-state index contributed by atoms with van der Waals surface area (Å²) in [5.74, 6) is 0. The molecule has 0 bridgehead atoms. The maximum Gasteiger partial charge on any atom is 1.00 e. The Labute approximate surface area is 106 Å². The molecule has 0 radical (unpaired) electrons. The molecule has 0 unspecified atom stereocenters. The van der Waals surface area contributed by atoms with E-state index in [1.54, 1.807) is 11.8 Å². The van der Waals surface area contributed by atoms with Gasteiger partial charge in [-0.2, -0.15) is 0 Å². The van der Waals surface area contributed by atoms with Crippen LogP contribution in [0.25, 0.3) is 0 Å². The van der Waals surface area contributed by atoms with Gasteiger partial charge in [-0.05, 0) is 12.1 Å². The number of rotatable bonds is 1. The Balaban J connectivity index is 0. The van der Waals surface area contributed by atoms with Crippen molar-refractivity contribution in [3.05, 3.63) is 30.3 Å². The van der Waals surface area contributed by atoms with Gasteiger partial charge in [0, 0.05) is 11.9 Å². The molecule has 0 spiro atoms. The number of hydrogen-bond acceptors (Lipinski definition) is 2. The quantitative estimate of drug-likeness (QED) is 0.375. The number of hydrogen-bond donors (Lipinski definition) is 1. The van der Waals surface area contributed by atoms with E-state index in [4.69, 9.17) is 12.2 Å². The smallest absolute Gasteiger partial charge is 1.00 e. The summed E-state index contributed by atoms with van der Waals surface area (Å²) in [6, 6.07) is 10.1. The predicted molar refractivity (Wildman–Crippen MR) is 55.1 cm³/mol. The van der Waals surface area contributed by atoms with Crippen LogP contribution >= 0.6 is 24.0 Å². The van der Waals surface area contributed by atoms with E-state index in [9.17, 15) is 0 Å². The first kappa shape index (κ1) is 12.5. The monoisotopic (exact) mass is 207 g/mol. The molecule has 12 heavy (non-hydrogen) atoms. The Morgan fingerprint density at radius 1 is 1.42 bits per heavy atom. The van der Waals surface area contributed by atoms with Crippen molar-refractivity contribution < 1.29 is 31.0 Å². The first-order valence-electron chi connectivity index (χ1n) is 3.27. The van der Waals surface area contributed by atoms with Gasteiger partial charge >= 0.3 is 29.6 Å². The standard InChI is InChI=1S/C8H9NS2.Na.H/c1-9-8(10)11-7-5-3-2-4-6-7;;/h2-6H,1H3,(H,9,10);;/q;+1;-1. The molecule has 0 aliphatic carbocycles. The van der Waals surface area contributed by atoms with Crippen molar-refractivity contribution in [1.29, 1.82) is 0 Å². The van der Waals surface area contributed by atoms with Crippen molar-refractivity contribution in [3.8, 4) is 0 Å².